The van der Waals surface area contributed by atoms with E-state index in [0.29, 0.717) is 0 Å². The van der Waals surface area contributed by atoms with Crippen LogP contribution in [0.25, 0.3) is 0 Å². The highest BCUT2D eigenvalue weighted by molar-refractivity contribution is 7.47. The van der Waals surface area contributed by atoms with Gasteiger partial charge in [-0.2, -0.15) is 0 Å². The van der Waals surface area contributed by atoms with Gasteiger partial charge in [0.05, 0.1) is 19.8 Å². The van der Waals surface area contributed by atoms with Crippen molar-refractivity contribution in [2.45, 2.75) is 89.8 Å². The maximum absolute atomic E-state index is 11.6. The predicted molar refractivity (Wildman–Crippen MR) is 108 cm³/mol. The fourth-order valence-electron chi connectivity index (χ4n) is 2.52. The quantitative estimate of drug-likeness (QED) is 0.127. The van der Waals surface area contributed by atoms with Gasteiger partial charge in [0.1, 0.15) is 18.8 Å². The summed E-state index contributed by atoms with van der Waals surface area (Å²) in [4.78, 5) is 21.0. The third-order valence-corrected chi connectivity index (χ3v) is 5.19. The average Bonchev–Trinajstić information content (AvgIpc) is 2.70. The van der Waals surface area contributed by atoms with E-state index in [2.05, 4.69) is 16.0 Å². The summed E-state index contributed by atoms with van der Waals surface area (Å²) in [5, 5.41) is 27.3. The lowest BCUT2D eigenvalue weighted by Gasteiger charge is -2.16. The molecule has 0 amide bonds. The molecule has 1 unspecified atom stereocenters. The van der Waals surface area contributed by atoms with Crippen molar-refractivity contribution in [1.82, 2.24) is 0 Å². The first-order valence-corrected chi connectivity index (χ1v) is 12.0. The zero-order chi connectivity index (χ0) is 22.0. The van der Waals surface area contributed by atoms with E-state index in [1.165, 1.54) is 44.9 Å². The number of aliphatic hydroxyl groups excluding tert-OH is 3. The number of ether oxygens (including phenoxy) is 1. The Kier molecular flexibility index (Phi) is 17.9. The van der Waals surface area contributed by atoms with Gasteiger partial charge in [-0.05, 0) is 6.42 Å². The van der Waals surface area contributed by atoms with Crippen LogP contribution in [0.3, 0.4) is 0 Å². The Bertz CT molecular complexity index is 447. The number of hydrogen-bond acceptors (Lipinski definition) is 8. The van der Waals surface area contributed by atoms with E-state index < -0.39 is 45.8 Å². The molecule has 4 N–H and O–H groups in total. The smallest absolute Gasteiger partial charge is 0.463 e. The van der Waals surface area contributed by atoms with Crippen LogP contribution in [0.15, 0.2) is 0 Å². The normalized spacial score (nSPS) is 15.6. The highest BCUT2D eigenvalue weighted by Crippen LogP contribution is 2.43. The molecule has 10 heteroatoms. The zero-order valence-corrected chi connectivity index (χ0v) is 18.4. The van der Waals surface area contributed by atoms with Crippen LogP contribution in [0.4, 0.5) is 0 Å². The van der Waals surface area contributed by atoms with Crippen LogP contribution < -0.4 is 0 Å². The summed E-state index contributed by atoms with van der Waals surface area (Å²) in [6.07, 6.45) is 9.33. The largest absolute Gasteiger partial charge is 0.472 e. The molecule has 174 valence electrons. The number of aliphatic hydroxyl groups is 3. The number of esters is 1. The lowest BCUT2D eigenvalue weighted by Crippen LogP contribution is -2.24. The van der Waals surface area contributed by atoms with Crippen LogP contribution in [0.2, 0.25) is 0 Å². The fraction of sp³-hybridized carbons (Fsp3) is 0.947. The van der Waals surface area contributed by atoms with Crippen LogP contribution >= 0.6 is 7.82 Å². The lowest BCUT2D eigenvalue weighted by atomic mass is 10.1. The molecule has 0 aliphatic rings. The van der Waals surface area contributed by atoms with Crippen molar-refractivity contribution >= 4 is 13.8 Å². The Morgan fingerprint density at radius 3 is 1.83 bits per heavy atom. The predicted octanol–water partition coefficient (Wildman–Crippen LogP) is 2.69. The maximum Gasteiger partial charge on any atom is 0.472 e. The summed E-state index contributed by atoms with van der Waals surface area (Å²) in [6.45, 7) is 0.0628. The van der Waals surface area contributed by atoms with Gasteiger partial charge in [0.2, 0.25) is 0 Å². The molecule has 0 aromatic carbocycles. The zero-order valence-electron chi connectivity index (χ0n) is 17.5. The van der Waals surface area contributed by atoms with Gasteiger partial charge in [0.15, 0.2) is 0 Å². The van der Waals surface area contributed by atoms with Gasteiger partial charge in [-0.25, -0.2) is 4.57 Å². The van der Waals surface area contributed by atoms with Crippen LogP contribution in [-0.4, -0.2) is 64.8 Å². The Morgan fingerprint density at radius 2 is 1.31 bits per heavy atom. The maximum atomic E-state index is 11.6. The molecular formula is C19H39O9P. The molecule has 0 rings (SSSR count). The van der Waals surface area contributed by atoms with Crippen molar-refractivity contribution in [3.8, 4) is 0 Å². The van der Waals surface area contributed by atoms with Crippen molar-refractivity contribution in [2.24, 2.45) is 0 Å². The van der Waals surface area contributed by atoms with E-state index in [0.717, 1.165) is 19.3 Å². The van der Waals surface area contributed by atoms with Crippen LogP contribution in [-0.2, 0) is 23.1 Å². The van der Waals surface area contributed by atoms with Crippen molar-refractivity contribution in [1.29, 1.82) is 0 Å². The number of phosphoric acid groups is 1. The Labute approximate surface area is 174 Å². The minimum absolute atomic E-state index is 0.269. The first-order valence-electron chi connectivity index (χ1n) is 10.5. The Balaban J connectivity index is 3.62. The minimum atomic E-state index is -4.47. The molecule has 9 nitrogen and oxygen atoms in total. The van der Waals surface area contributed by atoms with Crippen molar-refractivity contribution < 1.29 is 43.4 Å². The number of rotatable bonds is 20. The number of unbranched alkanes of at least 4 members (excludes halogenated alkanes) is 9. The molecule has 0 saturated carbocycles. The summed E-state index contributed by atoms with van der Waals surface area (Å²) < 4.78 is 25.4. The second-order valence-corrected chi connectivity index (χ2v) is 8.62. The van der Waals surface area contributed by atoms with Crippen LogP contribution in [0.1, 0.15) is 77.6 Å². The number of carbonyl (C=O) groups excluding carboxylic acids is 1. The van der Waals surface area contributed by atoms with Crippen LogP contribution in [0.5, 0.6) is 0 Å². The molecule has 0 heterocycles. The second kappa shape index (κ2) is 18.2. The summed E-state index contributed by atoms with van der Waals surface area (Å²) in [7, 11) is -4.47. The van der Waals surface area contributed by atoms with Gasteiger partial charge in [-0.3, -0.25) is 13.8 Å². The van der Waals surface area contributed by atoms with Crippen molar-refractivity contribution in [2.75, 3.05) is 26.4 Å². The molecule has 3 atom stereocenters. The number of hydrogen-bond donors (Lipinski definition) is 4. The molecule has 0 aliphatic heterocycles. The van der Waals surface area contributed by atoms with Gasteiger partial charge in [-0.1, -0.05) is 64.7 Å². The summed E-state index contributed by atoms with van der Waals surface area (Å²) in [6, 6.07) is 0. The summed E-state index contributed by atoms with van der Waals surface area (Å²) in [5.74, 6) is -0.432. The van der Waals surface area contributed by atoms with Gasteiger partial charge in [0.25, 0.3) is 0 Å². The number of carbonyl (C=O) groups is 1. The highest BCUT2D eigenvalue weighted by atomic mass is 31.2. The highest BCUT2D eigenvalue weighted by Gasteiger charge is 2.24. The molecular weight excluding hydrogens is 403 g/mol. The van der Waals surface area contributed by atoms with E-state index in [-0.39, 0.29) is 13.0 Å². The summed E-state index contributed by atoms with van der Waals surface area (Å²) >= 11 is 0. The first-order chi connectivity index (χ1) is 13.8. The van der Waals surface area contributed by atoms with Crippen LogP contribution in [0, 0.1) is 0 Å². The van der Waals surface area contributed by atoms with Gasteiger partial charge in [0, 0.05) is 6.42 Å². The van der Waals surface area contributed by atoms with E-state index in [4.69, 9.17) is 14.9 Å². The van der Waals surface area contributed by atoms with Gasteiger partial charge >= 0.3 is 13.8 Å². The fourth-order valence-corrected chi connectivity index (χ4v) is 3.31. The molecule has 0 aromatic rings. The van der Waals surface area contributed by atoms with Crippen molar-refractivity contribution in [3.63, 3.8) is 0 Å². The van der Waals surface area contributed by atoms with E-state index in [1.807, 2.05) is 0 Å². The van der Waals surface area contributed by atoms with E-state index >= 15 is 0 Å². The molecule has 29 heavy (non-hydrogen) atoms. The summed E-state index contributed by atoms with van der Waals surface area (Å²) in [5.41, 5.74) is 0. The lowest BCUT2D eigenvalue weighted by molar-refractivity contribution is -0.147. The third kappa shape index (κ3) is 19.2. The molecule has 0 spiro atoms. The minimum Gasteiger partial charge on any atom is -0.463 e. The van der Waals surface area contributed by atoms with Crippen molar-refractivity contribution in [3.05, 3.63) is 0 Å². The molecule has 0 saturated heterocycles. The van der Waals surface area contributed by atoms with Gasteiger partial charge in [-0.15, -0.1) is 0 Å². The third-order valence-electron chi connectivity index (χ3n) is 4.24. The second-order valence-electron chi connectivity index (χ2n) is 7.17. The average molecular weight is 442 g/mol. The Morgan fingerprint density at radius 1 is 0.828 bits per heavy atom. The SMILES string of the molecule is CCCCCCCCCCCCC(=O)OC[C@@H](O)COP(=O)(O)OC[C@@H](O)CO. The number of phosphoric ester groups is 1. The van der Waals surface area contributed by atoms with Gasteiger partial charge < -0.3 is 24.9 Å². The standard InChI is InChI=1S/C19H39O9P/c1-2-3-4-5-6-7-8-9-10-11-12-19(23)26-14-18(22)16-28-29(24,25)27-15-17(21)13-20/h17-18,20-22H,2-16H2,1H3,(H,24,25)/t17-,18+/m0/s1. The first kappa shape index (κ1) is 28.5. The Hall–Kier alpha value is -0.540. The molecule has 0 radical (unpaired) electrons. The molecule has 0 aliphatic carbocycles. The molecule has 0 aromatic heterocycles. The van der Waals surface area contributed by atoms with E-state index in [9.17, 15) is 19.4 Å². The molecule has 0 fully saturated rings. The monoisotopic (exact) mass is 442 g/mol. The van der Waals surface area contributed by atoms with E-state index in [1.54, 1.807) is 0 Å². The topological polar surface area (TPSA) is 143 Å². The molecule has 0 bridgehead atoms.